The van der Waals surface area contributed by atoms with E-state index in [0.717, 1.165) is 30.5 Å². The van der Waals surface area contributed by atoms with Gasteiger partial charge in [-0.05, 0) is 42.9 Å². The number of aliphatic carboxylic acids is 1. The molecule has 3 heteroatoms. The summed E-state index contributed by atoms with van der Waals surface area (Å²) in [5, 5.41) is 8.67. The van der Waals surface area contributed by atoms with Crippen LogP contribution >= 0.6 is 0 Å². The number of anilines is 1. The highest BCUT2D eigenvalue weighted by molar-refractivity contribution is 5.80. The molecule has 0 aliphatic heterocycles. The van der Waals surface area contributed by atoms with E-state index >= 15 is 0 Å². The van der Waals surface area contributed by atoms with Crippen molar-refractivity contribution in [2.75, 3.05) is 5.73 Å². The van der Waals surface area contributed by atoms with Crippen molar-refractivity contribution in [1.29, 1.82) is 0 Å². The number of nitrogens with two attached hydrogens (primary N) is 1. The van der Waals surface area contributed by atoms with E-state index in [1.165, 1.54) is 11.6 Å². The summed E-state index contributed by atoms with van der Waals surface area (Å²) in [6.45, 7) is 0. The molecule has 0 spiro atoms. The van der Waals surface area contributed by atoms with Crippen molar-refractivity contribution in [3.05, 3.63) is 41.5 Å². The first-order chi connectivity index (χ1) is 7.65. The highest BCUT2D eigenvalue weighted by Gasteiger charge is 2.21. The van der Waals surface area contributed by atoms with Crippen molar-refractivity contribution < 1.29 is 9.90 Å². The Hall–Kier alpha value is -1.77. The largest absolute Gasteiger partial charge is 0.478 e. The van der Waals surface area contributed by atoms with Crippen LogP contribution < -0.4 is 5.73 Å². The number of nitrogen functional groups attached to an aromatic ring is 1. The molecule has 1 aromatic carbocycles. The summed E-state index contributed by atoms with van der Waals surface area (Å²) in [7, 11) is 0. The Morgan fingerprint density at radius 3 is 2.69 bits per heavy atom. The van der Waals surface area contributed by atoms with E-state index in [-0.39, 0.29) is 0 Å². The lowest BCUT2D eigenvalue weighted by Gasteiger charge is -2.08. The lowest BCUT2D eigenvalue weighted by molar-refractivity contribution is -0.131. The summed E-state index contributed by atoms with van der Waals surface area (Å²) >= 11 is 0. The van der Waals surface area contributed by atoms with E-state index in [9.17, 15) is 4.79 Å². The van der Waals surface area contributed by atoms with Gasteiger partial charge in [0.15, 0.2) is 0 Å². The average molecular weight is 217 g/mol. The molecule has 0 amide bonds. The Kier molecular flexibility index (Phi) is 2.95. The number of rotatable bonds is 2. The molecule has 1 aliphatic carbocycles. The fourth-order valence-corrected chi connectivity index (χ4v) is 2.24. The number of carboxylic acids is 1. The van der Waals surface area contributed by atoms with Crippen molar-refractivity contribution >= 4 is 11.7 Å². The number of allylic oxidation sites excluding steroid dienone is 1. The molecule has 0 bridgehead atoms. The molecular formula is C13H15NO2. The maximum Gasteiger partial charge on any atom is 0.328 e. The number of hydrogen-bond acceptors (Lipinski definition) is 2. The van der Waals surface area contributed by atoms with Gasteiger partial charge in [-0.1, -0.05) is 17.7 Å². The Morgan fingerprint density at radius 2 is 2.06 bits per heavy atom. The zero-order valence-corrected chi connectivity index (χ0v) is 9.02. The second kappa shape index (κ2) is 4.39. The van der Waals surface area contributed by atoms with Crippen LogP contribution in [0.3, 0.4) is 0 Å². The molecule has 3 nitrogen and oxygen atoms in total. The van der Waals surface area contributed by atoms with E-state index in [2.05, 4.69) is 0 Å². The van der Waals surface area contributed by atoms with Gasteiger partial charge in [-0.25, -0.2) is 4.79 Å². The first-order valence-corrected chi connectivity index (χ1v) is 5.43. The topological polar surface area (TPSA) is 63.3 Å². The van der Waals surface area contributed by atoms with Crippen molar-refractivity contribution in [3.63, 3.8) is 0 Å². The Morgan fingerprint density at radius 1 is 1.38 bits per heavy atom. The number of benzene rings is 1. The van der Waals surface area contributed by atoms with Crippen LogP contribution in [0.4, 0.5) is 5.69 Å². The molecule has 0 aromatic heterocycles. The second-order valence-corrected chi connectivity index (χ2v) is 4.25. The fraction of sp³-hybridized carbons (Fsp3) is 0.308. The van der Waals surface area contributed by atoms with Crippen LogP contribution in [0.5, 0.6) is 0 Å². The summed E-state index contributed by atoms with van der Waals surface area (Å²) in [6.07, 6.45) is 4.12. The minimum absolute atomic E-state index is 0.450. The minimum Gasteiger partial charge on any atom is -0.478 e. The Labute approximate surface area is 94.6 Å². The standard InChI is InChI=1S/C13H15NO2/c14-12-5-3-10(4-6-12)11-2-1-9(7-11)8-13(15)16/h3-6,8,11H,1-2,7,14H2,(H,15,16)/b9-8+/t11-/m0/s1. The zero-order chi connectivity index (χ0) is 11.5. The van der Waals surface area contributed by atoms with E-state index in [4.69, 9.17) is 10.8 Å². The molecule has 0 heterocycles. The fourth-order valence-electron chi connectivity index (χ4n) is 2.24. The van der Waals surface area contributed by atoms with Crippen LogP contribution in [0.2, 0.25) is 0 Å². The molecular weight excluding hydrogens is 202 g/mol. The summed E-state index contributed by atoms with van der Waals surface area (Å²) in [5.41, 5.74) is 8.69. The van der Waals surface area contributed by atoms with Gasteiger partial charge < -0.3 is 10.8 Å². The molecule has 1 atom stereocenters. The van der Waals surface area contributed by atoms with Crippen LogP contribution in [0.1, 0.15) is 30.7 Å². The number of carbonyl (C=O) groups is 1. The molecule has 1 fully saturated rings. The molecule has 2 rings (SSSR count). The minimum atomic E-state index is -0.840. The summed E-state index contributed by atoms with van der Waals surface area (Å²) in [5.74, 6) is -0.390. The van der Waals surface area contributed by atoms with Crippen LogP contribution in [0.15, 0.2) is 35.9 Å². The second-order valence-electron chi connectivity index (χ2n) is 4.25. The third kappa shape index (κ3) is 2.42. The SMILES string of the molecule is Nc1ccc([C@H]2CC/C(=C\C(=O)O)C2)cc1. The summed E-state index contributed by atoms with van der Waals surface area (Å²) < 4.78 is 0. The molecule has 1 aromatic rings. The van der Waals surface area contributed by atoms with E-state index in [0.29, 0.717) is 5.92 Å². The van der Waals surface area contributed by atoms with Gasteiger partial charge in [0.1, 0.15) is 0 Å². The van der Waals surface area contributed by atoms with Gasteiger partial charge >= 0.3 is 5.97 Å². The van der Waals surface area contributed by atoms with Crippen molar-refractivity contribution in [3.8, 4) is 0 Å². The first kappa shape index (κ1) is 10.7. The molecule has 16 heavy (non-hydrogen) atoms. The smallest absolute Gasteiger partial charge is 0.328 e. The Balaban J connectivity index is 2.09. The van der Waals surface area contributed by atoms with Gasteiger partial charge in [0.05, 0.1) is 0 Å². The third-order valence-corrected chi connectivity index (χ3v) is 3.06. The van der Waals surface area contributed by atoms with Crippen LogP contribution in [0.25, 0.3) is 0 Å². The van der Waals surface area contributed by atoms with Crippen molar-refractivity contribution in [2.24, 2.45) is 0 Å². The van der Waals surface area contributed by atoms with Gasteiger partial charge in [0, 0.05) is 11.8 Å². The normalized spacial score (nSPS) is 22.5. The van der Waals surface area contributed by atoms with Crippen LogP contribution in [-0.4, -0.2) is 11.1 Å². The molecule has 1 saturated carbocycles. The molecule has 3 N–H and O–H groups in total. The molecule has 0 saturated heterocycles. The van der Waals surface area contributed by atoms with Crippen LogP contribution in [-0.2, 0) is 4.79 Å². The van der Waals surface area contributed by atoms with Crippen molar-refractivity contribution in [2.45, 2.75) is 25.2 Å². The van der Waals surface area contributed by atoms with Gasteiger partial charge in [-0.2, -0.15) is 0 Å². The predicted octanol–water partition coefficient (Wildman–Crippen LogP) is 2.55. The van der Waals surface area contributed by atoms with Crippen molar-refractivity contribution in [1.82, 2.24) is 0 Å². The summed E-state index contributed by atoms with van der Waals surface area (Å²) in [4.78, 5) is 10.6. The van der Waals surface area contributed by atoms with E-state index in [1.54, 1.807) is 0 Å². The molecule has 1 aliphatic rings. The highest BCUT2D eigenvalue weighted by atomic mass is 16.4. The zero-order valence-electron chi connectivity index (χ0n) is 9.02. The maximum absolute atomic E-state index is 10.6. The lowest BCUT2D eigenvalue weighted by atomic mass is 9.97. The Bertz CT molecular complexity index is 420. The van der Waals surface area contributed by atoms with Gasteiger partial charge in [0.2, 0.25) is 0 Å². The summed E-state index contributed by atoms with van der Waals surface area (Å²) in [6, 6.07) is 7.86. The monoisotopic (exact) mass is 217 g/mol. The average Bonchev–Trinajstić information content (AvgIpc) is 2.66. The molecule has 0 unspecified atom stereocenters. The molecule has 84 valence electrons. The van der Waals surface area contributed by atoms with Gasteiger partial charge in [-0.15, -0.1) is 0 Å². The quantitative estimate of drug-likeness (QED) is 0.591. The number of carboxylic acid groups (broad SMARTS) is 1. The lowest BCUT2D eigenvalue weighted by Crippen LogP contribution is -1.93. The van der Waals surface area contributed by atoms with E-state index in [1.807, 2.05) is 24.3 Å². The van der Waals surface area contributed by atoms with E-state index < -0.39 is 5.97 Å². The van der Waals surface area contributed by atoms with Gasteiger partial charge in [-0.3, -0.25) is 0 Å². The number of hydrogen-bond donors (Lipinski definition) is 2. The predicted molar refractivity (Wildman–Crippen MR) is 63.2 cm³/mol. The van der Waals surface area contributed by atoms with Gasteiger partial charge in [0.25, 0.3) is 0 Å². The highest BCUT2D eigenvalue weighted by Crippen LogP contribution is 2.37. The third-order valence-electron chi connectivity index (χ3n) is 3.06. The first-order valence-electron chi connectivity index (χ1n) is 5.43. The maximum atomic E-state index is 10.6. The van der Waals surface area contributed by atoms with Crippen LogP contribution in [0, 0.1) is 0 Å². The molecule has 0 radical (unpaired) electrons.